The quantitative estimate of drug-likeness (QED) is 0.682. The van der Waals surface area contributed by atoms with Crippen LogP contribution in [0.4, 0.5) is 12.9 Å². The minimum atomic E-state index is -4.97. The number of aryl methyl sites for hydroxylation is 1. The van der Waals surface area contributed by atoms with Gasteiger partial charge < -0.3 is 12.9 Å². The molecule has 1 aromatic heterocycles. The summed E-state index contributed by atoms with van der Waals surface area (Å²) < 4.78 is 38.2. The Morgan fingerprint density at radius 2 is 1.81 bits per heavy atom. The third kappa shape index (κ3) is 3.73. The second kappa shape index (κ2) is 5.86. The monoisotopic (exact) mass is 256 g/mol. The van der Waals surface area contributed by atoms with Crippen LogP contribution in [0.5, 0.6) is 0 Å². The Morgan fingerprint density at radius 1 is 1.31 bits per heavy atom. The van der Waals surface area contributed by atoms with Crippen molar-refractivity contribution in [3.8, 4) is 0 Å². The Morgan fingerprint density at radius 3 is 2.12 bits per heavy atom. The molecule has 0 aliphatic rings. The van der Waals surface area contributed by atoms with Crippen molar-refractivity contribution >= 4 is 6.98 Å². The second-order valence-electron chi connectivity index (χ2n) is 3.69. The molecule has 0 fully saturated rings. The summed E-state index contributed by atoms with van der Waals surface area (Å²) in [5.41, 5.74) is 1.72. The molecule has 1 aromatic rings. The average Bonchev–Trinajstić information content (AvgIpc) is 2.32. The zero-order valence-electron chi connectivity index (χ0n) is 10.0. The molecule has 0 aliphatic carbocycles. The van der Waals surface area contributed by atoms with E-state index >= 15 is 0 Å². The molecule has 2 nitrogen and oxygen atoms in total. The zero-order chi connectivity index (χ0) is 11.8. The number of aromatic nitrogens is 2. The second-order valence-corrected chi connectivity index (χ2v) is 3.69. The van der Waals surface area contributed by atoms with Crippen molar-refractivity contribution in [3.63, 3.8) is 0 Å². The molecule has 0 amide bonds. The molecule has 84 valence electrons. The van der Waals surface area contributed by atoms with Crippen LogP contribution >= 0.6 is 0 Å². The molecule has 0 radical (unpaired) electrons. The van der Waals surface area contributed by atoms with Crippen LogP contribution in [0, 0.1) is 20.8 Å². The Labute approximate surface area is 136 Å². The molecule has 0 saturated heterocycles. The molecule has 0 aromatic carbocycles. The van der Waals surface area contributed by atoms with E-state index in [1.165, 1.54) is 4.68 Å². The standard InChI is InChI=1S/C9H13BF3N2.K/c1-6(10(11,12)13)5-15-9(4)7(2)8(3)14-15;/h1,5H2,2-4H3;/q-1;+1. The fourth-order valence-corrected chi connectivity index (χ4v) is 1.24. The Hall–Kier alpha value is 0.441. The third-order valence-corrected chi connectivity index (χ3v) is 2.56. The Balaban J connectivity index is 0.00000225. The molecule has 0 spiro atoms. The molecule has 0 atom stereocenters. The molecule has 1 heterocycles. The van der Waals surface area contributed by atoms with Gasteiger partial charge in [0.25, 0.3) is 0 Å². The largest absolute Gasteiger partial charge is 1.00 e. The summed E-state index contributed by atoms with van der Waals surface area (Å²) in [7, 11) is 0. The zero-order valence-corrected chi connectivity index (χ0v) is 13.1. The van der Waals surface area contributed by atoms with E-state index in [-0.39, 0.29) is 57.9 Å². The molecule has 7 heteroatoms. The molecule has 0 saturated carbocycles. The van der Waals surface area contributed by atoms with Crippen molar-refractivity contribution in [1.82, 2.24) is 9.78 Å². The summed E-state index contributed by atoms with van der Waals surface area (Å²) in [4.78, 5) is 0. The average molecular weight is 256 g/mol. The van der Waals surface area contributed by atoms with E-state index in [4.69, 9.17) is 0 Å². The molecular weight excluding hydrogens is 243 g/mol. The first-order valence-electron chi connectivity index (χ1n) is 4.61. The number of hydrogen-bond donors (Lipinski definition) is 0. The van der Waals surface area contributed by atoms with E-state index < -0.39 is 12.4 Å². The van der Waals surface area contributed by atoms with Crippen LogP contribution in [0.2, 0.25) is 0 Å². The Kier molecular flexibility index (Phi) is 6.02. The summed E-state index contributed by atoms with van der Waals surface area (Å²) in [6, 6.07) is 0. The van der Waals surface area contributed by atoms with Crippen LogP contribution < -0.4 is 51.4 Å². The van der Waals surface area contributed by atoms with Crippen LogP contribution in [0.15, 0.2) is 12.1 Å². The van der Waals surface area contributed by atoms with Gasteiger partial charge in [0.1, 0.15) is 0 Å². The number of allylic oxidation sites excluding steroid dienone is 1. The fraction of sp³-hybridized carbons (Fsp3) is 0.444. The Bertz CT molecular complexity index is 398. The van der Waals surface area contributed by atoms with Gasteiger partial charge in [-0.2, -0.15) is 5.10 Å². The van der Waals surface area contributed by atoms with Crippen LogP contribution in [-0.4, -0.2) is 16.8 Å². The van der Waals surface area contributed by atoms with Gasteiger partial charge in [-0.1, -0.05) is 0 Å². The molecular formula is C9H13BF3KN2. The van der Waals surface area contributed by atoms with E-state index in [2.05, 4.69) is 11.7 Å². The molecule has 0 aliphatic heterocycles. The fourth-order valence-electron chi connectivity index (χ4n) is 1.24. The summed E-state index contributed by atoms with van der Waals surface area (Å²) in [6.45, 7) is 3.18. The number of halogens is 3. The van der Waals surface area contributed by atoms with E-state index in [1.807, 2.05) is 6.92 Å². The van der Waals surface area contributed by atoms with Crippen LogP contribution in [-0.2, 0) is 6.54 Å². The molecule has 0 unspecified atom stereocenters. The first kappa shape index (κ1) is 16.4. The van der Waals surface area contributed by atoms with Gasteiger partial charge in [-0.15, -0.1) is 12.1 Å². The predicted molar refractivity (Wildman–Crippen MR) is 54.7 cm³/mol. The van der Waals surface area contributed by atoms with Crippen molar-refractivity contribution in [2.75, 3.05) is 0 Å². The van der Waals surface area contributed by atoms with Gasteiger partial charge >= 0.3 is 58.4 Å². The molecule has 16 heavy (non-hydrogen) atoms. The summed E-state index contributed by atoms with van der Waals surface area (Å²) in [5, 5.41) is 4.03. The molecule has 1 rings (SSSR count). The maximum atomic E-state index is 12.3. The van der Waals surface area contributed by atoms with Gasteiger partial charge in [-0.05, 0) is 26.3 Å². The van der Waals surface area contributed by atoms with Gasteiger partial charge in [0.15, 0.2) is 0 Å². The molecule has 0 bridgehead atoms. The number of hydrogen-bond acceptors (Lipinski definition) is 1. The third-order valence-electron chi connectivity index (χ3n) is 2.56. The van der Waals surface area contributed by atoms with E-state index in [0.717, 1.165) is 17.0 Å². The minimum Gasteiger partial charge on any atom is -0.445 e. The van der Waals surface area contributed by atoms with Crippen LogP contribution in [0.3, 0.4) is 0 Å². The normalized spacial score (nSPS) is 11.1. The van der Waals surface area contributed by atoms with Gasteiger partial charge in [-0.3, -0.25) is 4.68 Å². The minimum absolute atomic E-state index is 0. The maximum Gasteiger partial charge on any atom is 1.00 e. The van der Waals surface area contributed by atoms with Gasteiger partial charge in [-0.25, -0.2) is 0 Å². The summed E-state index contributed by atoms with van der Waals surface area (Å²) in [6.07, 6.45) is 0. The van der Waals surface area contributed by atoms with Crippen LogP contribution in [0.25, 0.3) is 0 Å². The topological polar surface area (TPSA) is 17.8 Å². The van der Waals surface area contributed by atoms with Crippen LogP contribution in [0.1, 0.15) is 17.0 Å². The van der Waals surface area contributed by atoms with Gasteiger partial charge in [0.05, 0.1) is 5.69 Å². The van der Waals surface area contributed by atoms with E-state index in [9.17, 15) is 12.9 Å². The van der Waals surface area contributed by atoms with E-state index in [0.29, 0.717) is 0 Å². The maximum absolute atomic E-state index is 12.3. The smallest absolute Gasteiger partial charge is 0.445 e. The summed E-state index contributed by atoms with van der Waals surface area (Å²) in [5.74, 6) is 0. The van der Waals surface area contributed by atoms with Crippen molar-refractivity contribution in [2.24, 2.45) is 0 Å². The van der Waals surface area contributed by atoms with Gasteiger partial charge in [0.2, 0.25) is 0 Å². The predicted octanol–water partition coefficient (Wildman–Crippen LogP) is -0.245. The summed E-state index contributed by atoms with van der Waals surface area (Å²) >= 11 is 0. The SMILES string of the molecule is C=C(Cn1nc(C)c(C)c1C)[B-](F)(F)F.[K+]. The van der Waals surface area contributed by atoms with Crippen molar-refractivity contribution in [1.29, 1.82) is 0 Å². The first-order chi connectivity index (χ1) is 6.73. The van der Waals surface area contributed by atoms with E-state index in [1.54, 1.807) is 13.8 Å². The molecule has 0 N–H and O–H groups in total. The van der Waals surface area contributed by atoms with Crippen molar-refractivity contribution in [3.05, 3.63) is 29.0 Å². The number of nitrogens with zero attached hydrogens (tertiary/aromatic N) is 2. The number of rotatable bonds is 3. The first-order valence-corrected chi connectivity index (χ1v) is 4.61. The van der Waals surface area contributed by atoms with Crippen molar-refractivity contribution in [2.45, 2.75) is 27.3 Å². The van der Waals surface area contributed by atoms with Crippen molar-refractivity contribution < 1.29 is 64.3 Å². The van der Waals surface area contributed by atoms with Gasteiger partial charge in [0, 0.05) is 12.2 Å².